The number of hydrogen-bond donors (Lipinski definition) is 0. The molecule has 1 aliphatic carbocycles. The van der Waals surface area contributed by atoms with Crippen LogP contribution in [0.4, 0.5) is 0 Å². The van der Waals surface area contributed by atoms with E-state index >= 15 is 0 Å². The second-order valence-electron chi connectivity index (χ2n) is 4.47. The third-order valence-electron chi connectivity index (χ3n) is 2.80. The molecule has 3 heteroatoms. The van der Waals surface area contributed by atoms with Gasteiger partial charge in [-0.3, -0.25) is 4.79 Å². The molecule has 0 spiro atoms. The van der Waals surface area contributed by atoms with Crippen molar-refractivity contribution in [1.29, 1.82) is 0 Å². The zero-order valence-corrected chi connectivity index (χ0v) is 11.3. The average Bonchev–Trinajstić information content (AvgIpc) is 2.40. The largest absolute Gasteiger partial charge is 0.493 e. The highest BCUT2D eigenvalue weighted by atomic mass is 16.5. The second kappa shape index (κ2) is 9.75. The predicted molar refractivity (Wildman–Crippen MR) is 72.1 cm³/mol. The molecule has 0 saturated carbocycles. The number of esters is 1. The number of carbonyl (C=O) groups is 1. The summed E-state index contributed by atoms with van der Waals surface area (Å²) in [4.78, 5) is 11.4. The molecular weight excluding hydrogens is 228 g/mol. The Morgan fingerprint density at radius 1 is 1.22 bits per heavy atom. The van der Waals surface area contributed by atoms with Gasteiger partial charge in [-0.15, -0.1) is 0 Å². The molecule has 0 atom stereocenters. The molecule has 0 radical (unpaired) electrons. The molecular formula is C15H24O3. The summed E-state index contributed by atoms with van der Waals surface area (Å²) in [6.45, 7) is 3.11. The third kappa shape index (κ3) is 7.15. The van der Waals surface area contributed by atoms with Crippen LogP contribution >= 0.6 is 0 Å². The van der Waals surface area contributed by atoms with E-state index in [-0.39, 0.29) is 5.97 Å². The Hall–Kier alpha value is -1.25. The Morgan fingerprint density at radius 2 is 2.11 bits per heavy atom. The van der Waals surface area contributed by atoms with Crippen molar-refractivity contribution in [2.45, 2.75) is 51.9 Å². The van der Waals surface area contributed by atoms with Crippen LogP contribution in [0.2, 0.25) is 0 Å². The molecule has 0 aromatic rings. The first kappa shape index (κ1) is 14.8. The molecule has 102 valence electrons. The van der Waals surface area contributed by atoms with Gasteiger partial charge in [0, 0.05) is 0 Å². The summed E-state index contributed by atoms with van der Waals surface area (Å²) in [5.41, 5.74) is 0. The van der Waals surface area contributed by atoms with E-state index in [0.717, 1.165) is 31.4 Å². The molecule has 0 amide bonds. The minimum atomic E-state index is -0.160. The highest BCUT2D eigenvalue weighted by Gasteiger charge is 2.04. The molecule has 0 unspecified atom stereocenters. The summed E-state index contributed by atoms with van der Waals surface area (Å²) >= 11 is 0. The van der Waals surface area contributed by atoms with Crippen molar-refractivity contribution >= 4 is 5.97 Å². The molecule has 0 saturated heterocycles. The smallest absolute Gasteiger partial charge is 0.309 e. The summed E-state index contributed by atoms with van der Waals surface area (Å²) in [7, 11) is 0. The van der Waals surface area contributed by atoms with Crippen molar-refractivity contribution in [2.75, 3.05) is 13.2 Å². The molecule has 0 heterocycles. The van der Waals surface area contributed by atoms with E-state index in [1.807, 2.05) is 6.08 Å². The van der Waals surface area contributed by atoms with Gasteiger partial charge in [-0.1, -0.05) is 32.3 Å². The first-order chi connectivity index (χ1) is 8.83. The quantitative estimate of drug-likeness (QED) is 0.463. The van der Waals surface area contributed by atoms with Gasteiger partial charge >= 0.3 is 5.97 Å². The summed E-state index contributed by atoms with van der Waals surface area (Å²) in [6.07, 6.45) is 13.0. The maximum absolute atomic E-state index is 11.4. The van der Waals surface area contributed by atoms with Gasteiger partial charge in [-0.25, -0.2) is 0 Å². The number of ether oxygens (including phenoxy) is 2. The topological polar surface area (TPSA) is 35.5 Å². The number of allylic oxidation sites excluding steroid dienone is 3. The molecule has 18 heavy (non-hydrogen) atoms. The van der Waals surface area contributed by atoms with Crippen molar-refractivity contribution in [3.05, 3.63) is 24.0 Å². The van der Waals surface area contributed by atoms with Gasteiger partial charge in [0.1, 0.15) is 5.76 Å². The lowest BCUT2D eigenvalue weighted by Crippen LogP contribution is -2.09. The van der Waals surface area contributed by atoms with Gasteiger partial charge in [0.05, 0.1) is 19.6 Å². The van der Waals surface area contributed by atoms with E-state index in [1.165, 1.54) is 12.8 Å². The van der Waals surface area contributed by atoms with E-state index in [1.54, 1.807) is 0 Å². The predicted octanol–water partition coefficient (Wildman–Crippen LogP) is 3.75. The summed E-state index contributed by atoms with van der Waals surface area (Å²) in [6, 6.07) is 0. The van der Waals surface area contributed by atoms with Crippen molar-refractivity contribution in [3.63, 3.8) is 0 Å². The van der Waals surface area contributed by atoms with Crippen LogP contribution in [-0.2, 0) is 14.3 Å². The normalized spacial score (nSPS) is 14.2. The Labute approximate surface area is 110 Å². The molecule has 1 rings (SSSR count). The molecule has 0 bridgehead atoms. The SMILES string of the molecule is CCCCCCOC(=O)CCOC1=CCCC=C1. The van der Waals surface area contributed by atoms with Gasteiger partial charge in [0.15, 0.2) is 0 Å². The molecule has 0 aliphatic heterocycles. The van der Waals surface area contributed by atoms with Crippen LogP contribution in [0.1, 0.15) is 51.9 Å². The van der Waals surface area contributed by atoms with E-state index in [2.05, 4.69) is 19.1 Å². The second-order valence-corrected chi connectivity index (χ2v) is 4.47. The molecule has 3 nitrogen and oxygen atoms in total. The minimum absolute atomic E-state index is 0.160. The van der Waals surface area contributed by atoms with Gasteiger partial charge in [0.25, 0.3) is 0 Å². The van der Waals surface area contributed by atoms with Gasteiger partial charge in [0.2, 0.25) is 0 Å². The van der Waals surface area contributed by atoms with Crippen LogP contribution < -0.4 is 0 Å². The maximum atomic E-state index is 11.4. The highest BCUT2D eigenvalue weighted by Crippen LogP contribution is 2.10. The van der Waals surface area contributed by atoms with Gasteiger partial charge in [-0.05, 0) is 31.4 Å². The first-order valence-electron chi connectivity index (χ1n) is 6.98. The molecule has 0 N–H and O–H groups in total. The molecule has 0 fully saturated rings. The fraction of sp³-hybridized carbons (Fsp3) is 0.667. The Morgan fingerprint density at radius 3 is 2.83 bits per heavy atom. The average molecular weight is 252 g/mol. The van der Waals surface area contributed by atoms with Crippen molar-refractivity contribution in [2.24, 2.45) is 0 Å². The van der Waals surface area contributed by atoms with Crippen LogP contribution in [0, 0.1) is 0 Å². The minimum Gasteiger partial charge on any atom is -0.493 e. The number of carbonyl (C=O) groups excluding carboxylic acids is 1. The van der Waals surface area contributed by atoms with E-state index < -0.39 is 0 Å². The molecule has 0 aromatic heterocycles. The van der Waals surface area contributed by atoms with E-state index in [9.17, 15) is 4.79 Å². The van der Waals surface area contributed by atoms with Crippen LogP contribution in [0.3, 0.4) is 0 Å². The van der Waals surface area contributed by atoms with Gasteiger partial charge < -0.3 is 9.47 Å². The lowest BCUT2D eigenvalue weighted by Gasteiger charge is -2.09. The van der Waals surface area contributed by atoms with Crippen molar-refractivity contribution < 1.29 is 14.3 Å². The summed E-state index contributed by atoms with van der Waals surface area (Å²) < 4.78 is 10.6. The number of hydrogen-bond acceptors (Lipinski definition) is 3. The monoisotopic (exact) mass is 252 g/mol. The molecule has 1 aliphatic rings. The van der Waals surface area contributed by atoms with Crippen molar-refractivity contribution in [3.8, 4) is 0 Å². The number of rotatable bonds is 9. The third-order valence-corrected chi connectivity index (χ3v) is 2.80. The van der Waals surface area contributed by atoms with Crippen molar-refractivity contribution in [1.82, 2.24) is 0 Å². The van der Waals surface area contributed by atoms with Crippen LogP contribution in [-0.4, -0.2) is 19.2 Å². The Balaban J connectivity index is 1.96. The fourth-order valence-corrected chi connectivity index (χ4v) is 1.74. The van der Waals surface area contributed by atoms with Gasteiger partial charge in [-0.2, -0.15) is 0 Å². The Bertz CT molecular complexity index is 292. The number of unbranched alkanes of at least 4 members (excludes halogenated alkanes) is 3. The van der Waals surface area contributed by atoms with Crippen LogP contribution in [0.15, 0.2) is 24.0 Å². The zero-order valence-electron chi connectivity index (χ0n) is 11.3. The molecule has 0 aromatic carbocycles. The van der Waals surface area contributed by atoms with Crippen LogP contribution in [0.5, 0.6) is 0 Å². The summed E-state index contributed by atoms with van der Waals surface area (Å²) in [5, 5.41) is 0. The standard InChI is InChI=1S/C15H24O3/c1-2-3-4-8-12-18-15(16)11-13-17-14-9-6-5-7-10-14/h6,9-10H,2-5,7-8,11-13H2,1H3. The Kier molecular flexibility index (Phi) is 8.02. The van der Waals surface area contributed by atoms with Crippen LogP contribution in [0.25, 0.3) is 0 Å². The summed E-state index contributed by atoms with van der Waals surface area (Å²) in [5.74, 6) is 0.712. The lowest BCUT2D eigenvalue weighted by atomic mass is 10.2. The van der Waals surface area contributed by atoms with E-state index in [4.69, 9.17) is 9.47 Å². The maximum Gasteiger partial charge on any atom is 0.309 e. The highest BCUT2D eigenvalue weighted by molar-refractivity contribution is 5.69. The lowest BCUT2D eigenvalue weighted by molar-refractivity contribution is -0.144. The first-order valence-corrected chi connectivity index (χ1v) is 6.98. The van der Waals surface area contributed by atoms with E-state index in [0.29, 0.717) is 19.6 Å². The fourth-order valence-electron chi connectivity index (χ4n) is 1.74. The zero-order chi connectivity index (χ0) is 13.1.